The first kappa shape index (κ1) is 20.8. The van der Waals surface area contributed by atoms with E-state index in [4.69, 9.17) is 11.6 Å². The van der Waals surface area contributed by atoms with Crippen LogP contribution in [-0.2, 0) is 13.0 Å². The number of nitrogens with one attached hydrogen (secondary N) is 2. The number of amides is 2. The Balaban J connectivity index is 1.39. The van der Waals surface area contributed by atoms with Crippen molar-refractivity contribution in [2.75, 3.05) is 11.9 Å². The summed E-state index contributed by atoms with van der Waals surface area (Å²) in [6.07, 6.45) is 3.06. The summed E-state index contributed by atoms with van der Waals surface area (Å²) in [7, 11) is 0. The fourth-order valence-corrected chi connectivity index (χ4v) is 3.98. The maximum atomic E-state index is 13.3. The van der Waals surface area contributed by atoms with Crippen LogP contribution in [0.3, 0.4) is 0 Å². The Morgan fingerprint density at radius 1 is 1.37 bits per heavy atom. The number of aromatic nitrogens is 2. The summed E-state index contributed by atoms with van der Waals surface area (Å²) in [6, 6.07) is 3.46. The fraction of sp³-hybridized carbons (Fsp3) is 0.450. The van der Waals surface area contributed by atoms with E-state index in [9.17, 15) is 19.4 Å². The zero-order valence-corrected chi connectivity index (χ0v) is 16.9. The van der Waals surface area contributed by atoms with Crippen molar-refractivity contribution >= 4 is 23.6 Å². The van der Waals surface area contributed by atoms with Gasteiger partial charge >= 0.3 is 6.03 Å². The summed E-state index contributed by atoms with van der Waals surface area (Å²) in [5.41, 5.74) is 2.01. The van der Waals surface area contributed by atoms with Crippen LogP contribution in [0.15, 0.2) is 24.4 Å². The Kier molecular flexibility index (Phi) is 6.03. The van der Waals surface area contributed by atoms with Crippen molar-refractivity contribution in [2.24, 2.45) is 0 Å². The molecule has 1 fully saturated rings. The lowest BCUT2D eigenvalue weighted by atomic mass is 10.1. The smallest absolute Gasteiger partial charge is 0.320 e. The van der Waals surface area contributed by atoms with Gasteiger partial charge in [0.15, 0.2) is 6.23 Å². The number of carbonyl (C=O) groups is 1. The molecule has 2 aliphatic rings. The van der Waals surface area contributed by atoms with Crippen molar-refractivity contribution in [1.29, 1.82) is 0 Å². The highest BCUT2D eigenvalue weighted by atomic mass is 35.5. The topological polar surface area (TPSA) is 111 Å². The molecule has 4 rings (SSSR count). The van der Waals surface area contributed by atoms with Gasteiger partial charge in [-0.05, 0) is 43.4 Å². The summed E-state index contributed by atoms with van der Waals surface area (Å²) in [5, 5.41) is 25.5. The molecule has 30 heavy (non-hydrogen) atoms. The molecule has 1 aliphatic carbocycles. The maximum absolute atomic E-state index is 13.3. The Bertz CT molecular complexity index is 947. The molecule has 3 atom stereocenters. The van der Waals surface area contributed by atoms with Crippen molar-refractivity contribution in [3.05, 3.63) is 52.1 Å². The third kappa shape index (κ3) is 4.63. The Morgan fingerprint density at radius 2 is 2.20 bits per heavy atom. The zero-order chi connectivity index (χ0) is 21.3. The summed E-state index contributed by atoms with van der Waals surface area (Å²) >= 11 is 5.74. The first-order chi connectivity index (χ1) is 14.4. The molecule has 1 aromatic heterocycles. The number of halogens is 2. The highest BCUT2D eigenvalue weighted by Crippen LogP contribution is 2.24. The molecule has 0 saturated heterocycles. The van der Waals surface area contributed by atoms with E-state index in [1.807, 2.05) is 0 Å². The first-order valence-corrected chi connectivity index (χ1v) is 10.2. The molecule has 0 unspecified atom stereocenters. The molecule has 8 nitrogen and oxygen atoms in total. The lowest BCUT2D eigenvalue weighted by Gasteiger charge is -2.29. The Labute approximate surface area is 178 Å². The van der Waals surface area contributed by atoms with Crippen molar-refractivity contribution in [2.45, 2.75) is 50.6 Å². The van der Waals surface area contributed by atoms with Gasteiger partial charge < -0.3 is 25.7 Å². The largest absolute Gasteiger partial charge is 0.393 e. The van der Waals surface area contributed by atoms with E-state index >= 15 is 0 Å². The van der Waals surface area contributed by atoms with Gasteiger partial charge in [-0.15, -0.1) is 0 Å². The van der Waals surface area contributed by atoms with Crippen molar-refractivity contribution in [1.82, 2.24) is 20.2 Å². The predicted molar refractivity (Wildman–Crippen MR) is 108 cm³/mol. The molecule has 0 spiro atoms. The van der Waals surface area contributed by atoms with Gasteiger partial charge in [0.2, 0.25) is 5.95 Å². The van der Waals surface area contributed by atoms with Gasteiger partial charge in [0, 0.05) is 24.3 Å². The molecule has 1 aromatic carbocycles. The highest BCUT2D eigenvalue weighted by Gasteiger charge is 2.26. The molecule has 160 valence electrons. The van der Waals surface area contributed by atoms with Gasteiger partial charge in [0.1, 0.15) is 5.82 Å². The summed E-state index contributed by atoms with van der Waals surface area (Å²) in [5.74, 6) is -0.112. The number of aliphatic hydroxyl groups is 2. The van der Waals surface area contributed by atoms with Crippen LogP contribution in [0.2, 0.25) is 5.02 Å². The number of benzene rings is 1. The number of urea groups is 1. The number of carbonyl (C=O) groups excluding carboxylic acids is 1. The van der Waals surface area contributed by atoms with Gasteiger partial charge in [-0.25, -0.2) is 19.2 Å². The summed E-state index contributed by atoms with van der Waals surface area (Å²) < 4.78 is 13.3. The molecule has 2 amide bonds. The van der Waals surface area contributed by atoms with Crippen molar-refractivity contribution in [3.8, 4) is 0 Å². The SMILES string of the molecule is O=C(N[C@H](O)c1ccc(F)c(Cl)c1)N1CCc2cnc(N[C@H]3CC[C@H](O)C3)nc2C1. The molecule has 0 radical (unpaired) electrons. The average molecular weight is 436 g/mol. The number of fused-ring (bicyclic) bond motifs is 1. The van der Waals surface area contributed by atoms with E-state index in [0.717, 1.165) is 30.2 Å². The molecule has 2 heterocycles. The number of hydrogen-bond acceptors (Lipinski definition) is 6. The van der Waals surface area contributed by atoms with Crippen LogP contribution in [0, 0.1) is 5.82 Å². The van der Waals surface area contributed by atoms with Gasteiger partial charge in [-0.3, -0.25) is 0 Å². The van der Waals surface area contributed by atoms with E-state index in [0.29, 0.717) is 30.9 Å². The molecule has 4 N–H and O–H groups in total. The number of hydrogen-bond donors (Lipinski definition) is 4. The van der Waals surface area contributed by atoms with Crippen LogP contribution >= 0.6 is 11.6 Å². The van der Waals surface area contributed by atoms with Crippen LogP contribution in [0.1, 0.15) is 42.3 Å². The average Bonchev–Trinajstić information content (AvgIpc) is 3.13. The minimum absolute atomic E-state index is 0.126. The highest BCUT2D eigenvalue weighted by molar-refractivity contribution is 6.30. The lowest BCUT2D eigenvalue weighted by molar-refractivity contribution is 0.123. The lowest BCUT2D eigenvalue weighted by Crippen LogP contribution is -2.44. The standard InChI is InChI=1S/C20H23ClFN5O3/c21-15-7-11(1-4-16(15)22)18(29)26-20(30)27-6-5-12-9-23-19(25-17(12)10-27)24-13-2-3-14(28)8-13/h1,4,7,9,13-14,18,28-29H,2-3,5-6,8,10H2,(H,26,30)(H,23,24,25)/t13-,14-,18+/m0/s1. The summed E-state index contributed by atoms with van der Waals surface area (Å²) in [6.45, 7) is 0.739. The van der Waals surface area contributed by atoms with E-state index in [1.54, 1.807) is 11.1 Å². The van der Waals surface area contributed by atoms with Gasteiger partial charge in [0.25, 0.3) is 0 Å². The molecule has 2 aromatic rings. The first-order valence-electron chi connectivity index (χ1n) is 9.87. The van der Waals surface area contributed by atoms with E-state index in [1.165, 1.54) is 12.1 Å². The second kappa shape index (κ2) is 8.71. The maximum Gasteiger partial charge on any atom is 0.320 e. The number of aliphatic hydroxyl groups excluding tert-OH is 2. The van der Waals surface area contributed by atoms with E-state index < -0.39 is 18.1 Å². The van der Waals surface area contributed by atoms with Crippen molar-refractivity contribution < 1.29 is 19.4 Å². The molecule has 10 heteroatoms. The molecule has 1 aliphatic heterocycles. The monoisotopic (exact) mass is 435 g/mol. The van der Waals surface area contributed by atoms with Gasteiger partial charge in [0.05, 0.1) is 23.4 Å². The number of nitrogens with zero attached hydrogens (tertiary/aromatic N) is 3. The van der Waals surface area contributed by atoms with Gasteiger partial charge in [-0.1, -0.05) is 17.7 Å². The predicted octanol–water partition coefficient (Wildman–Crippen LogP) is 2.35. The normalized spacial score (nSPS) is 21.8. The minimum Gasteiger partial charge on any atom is -0.393 e. The van der Waals surface area contributed by atoms with Crippen LogP contribution in [0.25, 0.3) is 0 Å². The molecular weight excluding hydrogens is 413 g/mol. The van der Waals surface area contributed by atoms with Gasteiger partial charge in [-0.2, -0.15) is 0 Å². The second-order valence-corrected chi connectivity index (χ2v) is 8.08. The molecular formula is C20H23ClFN5O3. The minimum atomic E-state index is -1.31. The van der Waals surface area contributed by atoms with Crippen LogP contribution in [0.5, 0.6) is 0 Å². The number of rotatable bonds is 4. The van der Waals surface area contributed by atoms with Crippen LogP contribution in [-0.4, -0.2) is 49.8 Å². The second-order valence-electron chi connectivity index (χ2n) is 7.67. The number of anilines is 1. The van der Waals surface area contributed by atoms with Crippen molar-refractivity contribution in [3.63, 3.8) is 0 Å². The van der Waals surface area contributed by atoms with E-state index in [2.05, 4.69) is 20.6 Å². The Morgan fingerprint density at radius 3 is 2.93 bits per heavy atom. The third-order valence-corrected chi connectivity index (χ3v) is 5.78. The fourth-order valence-electron chi connectivity index (χ4n) is 3.79. The zero-order valence-electron chi connectivity index (χ0n) is 16.2. The van der Waals surface area contributed by atoms with Crippen LogP contribution in [0.4, 0.5) is 15.1 Å². The quantitative estimate of drug-likeness (QED) is 0.549. The summed E-state index contributed by atoms with van der Waals surface area (Å²) in [4.78, 5) is 23.0. The molecule has 1 saturated carbocycles. The van der Waals surface area contributed by atoms with E-state index in [-0.39, 0.29) is 23.7 Å². The van der Waals surface area contributed by atoms with Crippen LogP contribution < -0.4 is 10.6 Å². The Hall–Kier alpha value is -2.49. The third-order valence-electron chi connectivity index (χ3n) is 5.49. The molecule has 0 bridgehead atoms.